The zero-order valence-electron chi connectivity index (χ0n) is 14.3. The SMILES string of the molecule is O=C(NCc1ccccc1Br)[C@H]1CCCN(C(=O)c2ccccc2F)C1. The van der Waals surface area contributed by atoms with Gasteiger partial charge in [0.15, 0.2) is 0 Å². The molecule has 1 fully saturated rings. The lowest BCUT2D eigenvalue weighted by molar-refractivity contribution is -0.126. The van der Waals surface area contributed by atoms with Gasteiger partial charge in [-0.05, 0) is 36.6 Å². The van der Waals surface area contributed by atoms with Gasteiger partial charge in [0.25, 0.3) is 5.91 Å². The molecule has 136 valence electrons. The van der Waals surface area contributed by atoms with Gasteiger partial charge in [0.1, 0.15) is 5.82 Å². The molecule has 0 unspecified atom stereocenters. The number of nitrogens with one attached hydrogen (secondary N) is 1. The molecule has 1 aliphatic rings. The first-order valence-corrected chi connectivity index (χ1v) is 9.40. The molecule has 1 aliphatic heterocycles. The topological polar surface area (TPSA) is 49.4 Å². The quantitative estimate of drug-likeness (QED) is 0.821. The van der Waals surface area contributed by atoms with Crippen LogP contribution in [0, 0.1) is 11.7 Å². The number of benzene rings is 2. The second-order valence-electron chi connectivity index (χ2n) is 6.38. The first-order valence-electron chi connectivity index (χ1n) is 8.61. The Hall–Kier alpha value is -2.21. The number of likely N-dealkylation sites (tertiary alicyclic amines) is 1. The zero-order chi connectivity index (χ0) is 18.5. The largest absolute Gasteiger partial charge is 0.352 e. The predicted molar refractivity (Wildman–Crippen MR) is 101 cm³/mol. The summed E-state index contributed by atoms with van der Waals surface area (Å²) in [6.07, 6.45) is 1.45. The average molecular weight is 419 g/mol. The fourth-order valence-corrected chi connectivity index (χ4v) is 3.57. The highest BCUT2D eigenvalue weighted by molar-refractivity contribution is 9.10. The minimum atomic E-state index is -0.530. The molecule has 0 saturated carbocycles. The smallest absolute Gasteiger partial charge is 0.256 e. The summed E-state index contributed by atoms with van der Waals surface area (Å²) in [5.74, 6) is -1.24. The Morgan fingerprint density at radius 3 is 2.65 bits per heavy atom. The van der Waals surface area contributed by atoms with Gasteiger partial charge in [0.05, 0.1) is 11.5 Å². The van der Waals surface area contributed by atoms with E-state index in [0.717, 1.165) is 22.9 Å². The second kappa shape index (κ2) is 8.45. The molecular formula is C20H20BrFN2O2. The minimum Gasteiger partial charge on any atom is -0.352 e. The Bertz CT molecular complexity index is 812. The molecular weight excluding hydrogens is 399 g/mol. The molecule has 0 radical (unpaired) electrons. The van der Waals surface area contributed by atoms with Crippen LogP contribution >= 0.6 is 15.9 Å². The van der Waals surface area contributed by atoms with E-state index in [4.69, 9.17) is 0 Å². The van der Waals surface area contributed by atoms with E-state index in [1.54, 1.807) is 17.0 Å². The third kappa shape index (κ3) is 4.30. The van der Waals surface area contributed by atoms with Gasteiger partial charge in [-0.15, -0.1) is 0 Å². The number of amides is 2. The number of hydrogen-bond donors (Lipinski definition) is 1. The number of halogens is 2. The molecule has 26 heavy (non-hydrogen) atoms. The fourth-order valence-electron chi connectivity index (χ4n) is 3.15. The van der Waals surface area contributed by atoms with Gasteiger partial charge in [0, 0.05) is 24.1 Å². The van der Waals surface area contributed by atoms with Gasteiger partial charge in [-0.2, -0.15) is 0 Å². The third-order valence-electron chi connectivity index (χ3n) is 4.59. The van der Waals surface area contributed by atoms with Crippen molar-refractivity contribution in [2.75, 3.05) is 13.1 Å². The summed E-state index contributed by atoms with van der Waals surface area (Å²) in [4.78, 5) is 26.7. The van der Waals surface area contributed by atoms with Crippen LogP contribution in [-0.2, 0) is 11.3 Å². The summed E-state index contributed by atoms with van der Waals surface area (Å²) in [5.41, 5.74) is 1.05. The molecule has 1 atom stereocenters. The van der Waals surface area contributed by atoms with E-state index >= 15 is 0 Å². The van der Waals surface area contributed by atoms with Gasteiger partial charge in [-0.3, -0.25) is 9.59 Å². The van der Waals surface area contributed by atoms with Crippen LogP contribution in [0.15, 0.2) is 53.0 Å². The highest BCUT2D eigenvalue weighted by Gasteiger charge is 2.29. The van der Waals surface area contributed by atoms with E-state index in [9.17, 15) is 14.0 Å². The molecule has 2 aromatic rings. The molecule has 0 aromatic heterocycles. The number of hydrogen-bond acceptors (Lipinski definition) is 2. The molecule has 6 heteroatoms. The molecule has 3 rings (SSSR count). The second-order valence-corrected chi connectivity index (χ2v) is 7.23. The van der Waals surface area contributed by atoms with Gasteiger partial charge in [-0.25, -0.2) is 4.39 Å². The van der Waals surface area contributed by atoms with E-state index in [0.29, 0.717) is 19.6 Å². The molecule has 0 aliphatic carbocycles. The Morgan fingerprint density at radius 2 is 1.88 bits per heavy atom. The molecule has 0 spiro atoms. The summed E-state index contributed by atoms with van der Waals surface area (Å²) in [7, 11) is 0. The number of nitrogens with zero attached hydrogens (tertiary/aromatic N) is 1. The van der Waals surface area contributed by atoms with E-state index in [2.05, 4.69) is 21.2 Å². The van der Waals surface area contributed by atoms with Crippen molar-refractivity contribution in [3.63, 3.8) is 0 Å². The maximum atomic E-state index is 13.9. The predicted octanol–water partition coefficient (Wildman–Crippen LogP) is 3.76. The summed E-state index contributed by atoms with van der Waals surface area (Å²) in [6.45, 7) is 1.29. The van der Waals surface area contributed by atoms with Crippen LogP contribution in [0.1, 0.15) is 28.8 Å². The molecule has 2 amide bonds. The molecule has 1 heterocycles. The van der Waals surface area contributed by atoms with Gasteiger partial charge in [-0.1, -0.05) is 46.3 Å². The summed E-state index contributed by atoms with van der Waals surface area (Å²) >= 11 is 3.46. The van der Waals surface area contributed by atoms with Crippen molar-refractivity contribution in [2.24, 2.45) is 5.92 Å². The van der Waals surface area contributed by atoms with Crippen molar-refractivity contribution in [1.29, 1.82) is 0 Å². The summed E-state index contributed by atoms with van der Waals surface area (Å²) < 4.78 is 14.8. The highest BCUT2D eigenvalue weighted by Crippen LogP contribution is 2.21. The van der Waals surface area contributed by atoms with Crippen molar-refractivity contribution in [3.05, 3.63) is 69.9 Å². The monoisotopic (exact) mass is 418 g/mol. The fraction of sp³-hybridized carbons (Fsp3) is 0.300. The Kier molecular flexibility index (Phi) is 6.04. The van der Waals surface area contributed by atoms with Crippen LogP contribution in [-0.4, -0.2) is 29.8 Å². The zero-order valence-corrected chi connectivity index (χ0v) is 15.8. The van der Waals surface area contributed by atoms with Crippen LogP contribution in [0.4, 0.5) is 4.39 Å². The maximum Gasteiger partial charge on any atom is 0.256 e. The Labute approximate surface area is 160 Å². The van der Waals surface area contributed by atoms with Gasteiger partial charge in [0.2, 0.25) is 5.91 Å². The first kappa shape index (κ1) is 18.6. The molecule has 2 aromatic carbocycles. The number of carbonyl (C=O) groups is 2. The first-order chi connectivity index (χ1) is 12.6. The Balaban J connectivity index is 1.61. The van der Waals surface area contributed by atoms with Crippen LogP contribution < -0.4 is 5.32 Å². The van der Waals surface area contributed by atoms with E-state index < -0.39 is 5.82 Å². The molecule has 1 N–H and O–H groups in total. The number of carbonyl (C=O) groups excluding carboxylic acids is 2. The van der Waals surface area contributed by atoms with Gasteiger partial charge < -0.3 is 10.2 Å². The van der Waals surface area contributed by atoms with Gasteiger partial charge >= 0.3 is 0 Å². The minimum absolute atomic E-state index is 0.0572. The normalized spacial score (nSPS) is 17.0. The van der Waals surface area contributed by atoms with Crippen LogP contribution in [0.5, 0.6) is 0 Å². The lowest BCUT2D eigenvalue weighted by Gasteiger charge is -2.32. The summed E-state index contributed by atoms with van der Waals surface area (Å²) in [6, 6.07) is 13.7. The van der Waals surface area contributed by atoms with Crippen molar-refractivity contribution < 1.29 is 14.0 Å². The third-order valence-corrected chi connectivity index (χ3v) is 5.37. The summed E-state index contributed by atoms with van der Waals surface area (Å²) in [5, 5.41) is 2.94. The van der Waals surface area contributed by atoms with E-state index in [1.807, 2.05) is 24.3 Å². The molecule has 1 saturated heterocycles. The number of rotatable bonds is 4. The maximum absolute atomic E-state index is 13.9. The molecule has 0 bridgehead atoms. The average Bonchev–Trinajstić information content (AvgIpc) is 2.67. The van der Waals surface area contributed by atoms with Crippen molar-refractivity contribution in [1.82, 2.24) is 10.2 Å². The standard InChI is InChI=1S/C20H20BrFN2O2/c21-17-9-3-1-6-14(17)12-23-19(25)15-7-5-11-24(13-15)20(26)16-8-2-4-10-18(16)22/h1-4,6,8-10,15H,5,7,11-13H2,(H,23,25)/t15-/m0/s1. The van der Waals surface area contributed by atoms with Crippen LogP contribution in [0.2, 0.25) is 0 Å². The molecule has 4 nitrogen and oxygen atoms in total. The van der Waals surface area contributed by atoms with Crippen LogP contribution in [0.3, 0.4) is 0 Å². The number of piperidine rings is 1. The van der Waals surface area contributed by atoms with Crippen LogP contribution in [0.25, 0.3) is 0 Å². The van der Waals surface area contributed by atoms with E-state index in [1.165, 1.54) is 12.1 Å². The highest BCUT2D eigenvalue weighted by atomic mass is 79.9. The van der Waals surface area contributed by atoms with Crippen molar-refractivity contribution >= 4 is 27.7 Å². The van der Waals surface area contributed by atoms with Crippen molar-refractivity contribution in [3.8, 4) is 0 Å². The lowest BCUT2D eigenvalue weighted by Crippen LogP contribution is -2.45. The Morgan fingerprint density at radius 1 is 1.15 bits per heavy atom. The van der Waals surface area contributed by atoms with Crippen molar-refractivity contribution in [2.45, 2.75) is 19.4 Å². The van der Waals surface area contributed by atoms with E-state index in [-0.39, 0.29) is 23.3 Å². The lowest BCUT2D eigenvalue weighted by atomic mass is 9.96.